The van der Waals surface area contributed by atoms with Gasteiger partial charge in [0.2, 0.25) is 0 Å². The van der Waals surface area contributed by atoms with Gasteiger partial charge in [0.05, 0.1) is 58.0 Å². The second kappa shape index (κ2) is 28.5. The third-order valence-corrected chi connectivity index (χ3v) is 14.9. The Morgan fingerprint density at radius 3 is 0.935 bits per heavy atom. The largest absolute Gasteiger partial charge is 0.457 e. The molecule has 9 rings (SSSR count). The molecule has 3 aliphatic heterocycles. The molecule has 0 bridgehead atoms. The molecule has 77 heavy (non-hydrogen) atoms. The molecular weight excluding hydrogens is 997 g/mol. The van der Waals surface area contributed by atoms with Crippen LogP contribution in [0.25, 0.3) is 0 Å². The van der Waals surface area contributed by atoms with Gasteiger partial charge in [-0.05, 0) is 60.4 Å². The minimum atomic E-state index is -1.08. The Kier molecular flexibility index (Phi) is 20.9. The van der Waals surface area contributed by atoms with E-state index in [1.54, 1.807) is 11.8 Å². The summed E-state index contributed by atoms with van der Waals surface area (Å²) in [5, 5.41) is 0. The number of carbonyl (C=O) groups is 1. The fraction of sp³-hybridized carbons (Fsp3) is 0.413. The van der Waals surface area contributed by atoms with Crippen LogP contribution in [0.1, 0.15) is 61.1 Å². The first-order valence-electron chi connectivity index (χ1n) is 26.6. The summed E-state index contributed by atoms with van der Waals surface area (Å²) in [6.07, 6.45) is -9.05. The second-order valence-electron chi connectivity index (χ2n) is 19.7. The van der Waals surface area contributed by atoms with Gasteiger partial charge in [0.15, 0.2) is 18.7 Å². The standard InChI is InChI=1S/C63H72O13S/c1-42-52(74-45(4)64)55(65-36-46-24-12-6-13-25-46)58(68-39-49-30-18-9-19-31-49)61(71-42)75-53-43(2)72-62(59(69-40-50-32-20-10-21-33-50)56(53)66-37-47-26-14-7-15-27-47)76-54-44(3)73-63(77-5)60(70-41-51-34-22-11-23-35-51)57(54)67-38-48-28-16-8-17-29-48/h6-35,42-44,52-63H,36-41H2,1-5H3/t42-,43-,44-,52-,53-,54-,55+,56+,57+,58+,59+,60+,61+,62-,63-/m0/s1. The Morgan fingerprint density at radius 1 is 0.364 bits per heavy atom. The molecule has 3 fully saturated rings. The summed E-state index contributed by atoms with van der Waals surface area (Å²) >= 11 is 1.57. The third-order valence-electron chi connectivity index (χ3n) is 14.0. The molecule has 0 N–H and O–H groups in total. The van der Waals surface area contributed by atoms with Crippen LogP contribution in [-0.2, 0) is 101 Å². The topological polar surface area (TPSA) is 128 Å². The molecule has 14 heteroatoms. The van der Waals surface area contributed by atoms with Gasteiger partial charge in [0.25, 0.3) is 0 Å². The molecule has 13 nitrogen and oxygen atoms in total. The molecule has 6 aromatic rings. The molecule has 0 radical (unpaired) electrons. The summed E-state index contributed by atoms with van der Waals surface area (Å²) in [5.41, 5.74) is 5.39. The van der Waals surface area contributed by atoms with Crippen LogP contribution in [-0.4, -0.2) is 103 Å². The van der Waals surface area contributed by atoms with Crippen LogP contribution in [0.4, 0.5) is 0 Å². The van der Waals surface area contributed by atoms with Crippen molar-refractivity contribution in [2.24, 2.45) is 0 Å². The van der Waals surface area contributed by atoms with E-state index in [0.29, 0.717) is 13.2 Å². The maximum absolute atomic E-state index is 12.8. The zero-order chi connectivity index (χ0) is 53.3. The lowest BCUT2D eigenvalue weighted by Crippen LogP contribution is -2.66. The van der Waals surface area contributed by atoms with Gasteiger partial charge < -0.3 is 56.8 Å². The van der Waals surface area contributed by atoms with Gasteiger partial charge in [-0.25, -0.2) is 0 Å². The average Bonchev–Trinajstić information content (AvgIpc) is 3.46. The summed E-state index contributed by atoms with van der Waals surface area (Å²) < 4.78 is 82.9. The summed E-state index contributed by atoms with van der Waals surface area (Å²) in [7, 11) is 0. The molecule has 0 aliphatic carbocycles. The van der Waals surface area contributed by atoms with Crippen molar-refractivity contribution in [1.29, 1.82) is 0 Å². The lowest BCUT2D eigenvalue weighted by molar-refractivity contribution is -0.379. The molecule has 0 saturated carbocycles. The van der Waals surface area contributed by atoms with Crippen molar-refractivity contribution in [3.8, 4) is 0 Å². The minimum absolute atomic E-state index is 0.188. The predicted octanol–water partition coefficient (Wildman–Crippen LogP) is 10.8. The van der Waals surface area contributed by atoms with Crippen LogP contribution in [0.15, 0.2) is 182 Å². The number of benzene rings is 6. The first-order chi connectivity index (χ1) is 37.7. The summed E-state index contributed by atoms with van der Waals surface area (Å²) in [5.74, 6) is -0.475. The van der Waals surface area contributed by atoms with Crippen molar-refractivity contribution >= 4 is 17.7 Å². The van der Waals surface area contributed by atoms with Crippen molar-refractivity contribution in [2.45, 2.75) is 159 Å². The number of hydrogen-bond acceptors (Lipinski definition) is 14. The molecule has 3 heterocycles. The van der Waals surface area contributed by atoms with E-state index >= 15 is 0 Å². The smallest absolute Gasteiger partial charge is 0.303 e. The maximum Gasteiger partial charge on any atom is 0.303 e. The number of esters is 1. The molecule has 0 aromatic heterocycles. The summed E-state index contributed by atoms with van der Waals surface area (Å²) in [4.78, 5) is 12.8. The van der Waals surface area contributed by atoms with Gasteiger partial charge in [0, 0.05) is 6.92 Å². The Morgan fingerprint density at radius 2 is 0.623 bits per heavy atom. The van der Waals surface area contributed by atoms with E-state index in [9.17, 15) is 4.79 Å². The van der Waals surface area contributed by atoms with Gasteiger partial charge in [-0.15, -0.1) is 11.8 Å². The van der Waals surface area contributed by atoms with Crippen molar-refractivity contribution in [3.05, 3.63) is 215 Å². The second-order valence-corrected chi connectivity index (χ2v) is 20.6. The van der Waals surface area contributed by atoms with Crippen LogP contribution >= 0.6 is 11.8 Å². The zero-order valence-corrected chi connectivity index (χ0v) is 45.3. The predicted molar refractivity (Wildman–Crippen MR) is 292 cm³/mol. The molecule has 6 aromatic carbocycles. The molecule has 15 atom stereocenters. The Hall–Kier alpha value is -5.30. The maximum atomic E-state index is 12.8. The summed E-state index contributed by atoms with van der Waals surface area (Å²) in [6.45, 7) is 8.60. The molecule has 3 aliphatic rings. The highest BCUT2D eigenvalue weighted by Crippen LogP contribution is 2.39. The first-order valence-corrected chi connectivity index (χ1v) is 27.9. The molecule has 0 amide bonds. The number of carbonyl (C=O) groups excluding carboxylic acids is 1. The highest BCUT2D eigenvalue weighted by atomic mass is 32.2. The van der Waals surface area contributed by atoms with Crippen molar-refractivity contribution in [3.63, 3.8) is 0 Å². The van der Waals surface area contributed by atoms with E-state index in [4.69, 9.17) is 56.8 Å². The fourth-order valence-electron chi connectivity index (χ4n) is 10.1. The SMILES string of the molecule is CS[C@@H]1O[C@@H](C)[C@H](O[C@@H]2O[C@@H](C)[C@H](O[C@H]3O[C@@H](C)[C@H](OC(C)=O)[C@@H](OCc4ccccc4)[C@H]3OCc3ccccc3)[C@@H](OCc3ccccc3)[C@H]2OCc2ccccc2)[C@@H](OCc2ccccc2)[C@H]1OCc1ccccc1. The molecule has 3 saturated heterocycles. The van der Waals surface area contributed by atoms with E-state index in [1.165, 1.54) is 6.92 Å². The third kappa shape index (κ3) is 15.5. The van der Waals surface area contributed by atoms with E-state index in [0.717, 1.165) is 33.4 Å². The van der Waals surface area contributed by atoms with E-state index in [2.05, 4.69) is 0 Å². The molecular formula is C63H72O13S. The van der Waals surface area contributed by atoms with Crippen molar-refractivity contribution in [2.75, 3.05) is 6.26 Å². The van der Waals surface area contributed by atoms with Gasteiger partial charge in [-0.1, -0.05) is 182 Å². The normalized spacial score (nSPS) is 29.4. The zero-order valence-electron chi connectivity index (χ0n) is 44.4. The average molecular weight is 1070 g/mol. The quantitative estimate of drug-likeness (QED) is 0.0533. The minimum Gasteiger partial charge on any atom is -0.457 e. The van der Waals surface area contributed by atoms with E-state index < -0.39 is 91.8 Å². The Labute approximate surface area is 457 Å². The van der Waals surface area contributed by atoms with E-state index in [1.807, 2.05) is 209 Å². The van der Waals surface area contributed by atoms with Crippen LogP contribution < -0.4 is 0 Å². The van der Waals surface area contributed by atoms with Crippen LogP contribution in [0, 0.1) is 0 Å². The van der Waals surface area contributed by atoms with Gasteiger partial charge in [-0.2, -0.15) is 0 Å². The van der Waals surface area contributed by atoms with Crippen LogP contribution in [0.2, 0.25) is 0 Å². The number of thioether (sulfide) groups is 1. The molecule has 408 valence electrons. The summed E-state index contributed by atoms with van der Waals surface area (Å²) in [6, 6.07) is 59.7. The monoisotopic (exact) mass is 1070 g/mol. The van der Waals surface area contributed by atoms with Gasteiger partial charge in [0.1, 0.15) is 54.3 Å². The van der Waals surface area contributed by atoms with Gasteiger partial charge >= 0.3 is 5.97 Å². The van der Waals surface area contributed by atoms with Crippen molar-refractivity contribution in [1.82, 2.24) is 0 Å². The number of ether oxygens (including phenoxy) is 12. The number of rotatable bonds is 24. The van der Waals surface area contributed by atoms with Crippen molar-refractivity contribution < 1.29 is 61.6 Å². The van der Waals surface area contributed by atoms with Gasteiger partial charge in [-0.3, -0.25) is 4.79 Å². The lowest BCUT2D eigenvalue weighted by atomic mass is 9.95. The molecule has 0 spiro atoms. The Bertz CT molecular complexity index is 2620. The molecule has 0 unspecified atom stereocenters. The first kappa shape index (κ1) is 56.4. The highest BCUT2D eigenvalue weighted by molar-refractivity contribution is 7.99. The van der Waals surface area contributed by atoms with Crippen LogP contribution in [0.5, 0.6) is 0 Å². The van der Waals surface area contributed by atoms with Crippen LogP contribution in [0.3, 0.4) is 0 Å². The van der Waals surface area contributed by atoms with E-state index in [-0.39, 0.29) is 31.9 Å². The number of hydrogen-bond donors (Lipinski definition) is 0. The fourth-order valence-corrected chi connectivity index (χ4v) is 10.9. The highest BCUT2D eigenvalue weighted by Gasteiger charge is 2.55. The Balaban J connectivity index is 1.07. The lowest BCUT2D eigenvalue weighted by Gasteiger charge is -2.51.